The zero-order chi connectivity index (χ0) is 9.68. The van der Waals surface area contributed by atoms with Crippen molar-refractivity contribution in [3.63, 3.8) is 0 Å². The van der Waals surface area contributed by atoms with Crippen molar-refractivity contribution in [1.82, 2.24) is 0 Å². The number of carbonyl (C=O) groups is 1. The van der Waals surface area contributed by atoms with E-state index in [1.165, 1.54) is 12.1 Å². The lowest BCUT2D eigenvalue weighted by molar-refractivity contribution is -0.117. The van der Waals surface area contributed by atoms with E-state index in [1.54, 1.807) is 13.0 Å². The number of carbonyl (C=O) groups excluding carboxylic acids is 1. The lowest BCUT2D eigenvalue weighted by atomic mass is 10.1. The Bertz CT molecular complexity index is 294. The van der Waals surface area contributed by atoms with Crippen molar-refractivity contribution in [2.24, 2.45) is 0 Å². The highest BCUT2D eigenvalue weighted by Gasteiger charge is 1.97. The molecular formula is C11H13FO. The smallest absolute Gasteiger partial charge is 0.129 e. The maximum atomic E-state index is 12.7. The molecule has 0 unspecified atom stereocenters. The van der Waals surface area contributed by atoms with Crippen molar-refractivity contribution in [3.8, 4) is 0 Å². The average Bonchev–Trinajstić information content (AvgIpc) is 2.03. The lowest BCUT2D eigenvalue weighted by Gasteiger charge is -1.99. The van der Waals surface area contributed by atoms with Crippen LogP contribution in [0.3, 0.4) is 0 Å². The van der Waals surface area contributed by atoms with Gasteiger partial charge in [-0.3, -0.25) is 0 Å². The first-order valence-corrected chi connectivity index (χ1v) is 4.42. The highest BCUT2D eigenvalue weighted by atomic mass is 19.1. The second-order valence-electron chi connectivity index (χ2n) is 3.19. The van der Waals surface area contributed by atoms with Gasteiger partial charge in [0, 0.05) is 6.42 Å². The fourth-order valence-corrected chi connectivity index (χ4v) is 1.23. The summed E-state index contributed by atoms with van der Waals surface area (Å²) >= 11 is 0. The Morgan fingerprint density at radius 2 is 2.23 bits per heavy atom. The topological polar surface area (TPSA) is 17.1 Å². The van der Waals surface area contributed by atoms with Crippen LogP contribution in [0.1, 0.15) is 25.3 Å². The van der Waals surface area contributed by atoms with Crippen molar-refractivity contribution < 1.29 is 9.18 Å². The molecule has 13 heavy (non-hydrogen) atoms. The first-order chi connectivity index (χ1) is 6.18. The average molecular weight is 180 g/mol. The molecule has 0 saturated carbocycles. The molecule has 0 bridgehead atoms. The van der Waals surface area contributed by atoms with Crippen LogP contribution in [0.2, 0.25) is 0 Å². The molecule has 2 heteroatoms. The maximum Gasteiger partial charge on any atom is 0.129 e. The molecule has 70 valence electrons. The Morgan fingerprint density at radius 1 is 1.46 bits per heavy atom. The monoisotopic (exact) mass is 180 g/mol. The summed E-state index contributed by atoms with van der Waals surface area (Å²) in [5, 5.41) is 0. The van der Waals surface area contributed by atoms with Gasteiger partial charge < -0.3 is 4.79 Å². The van der Waals surface area contributed by atoms with Gasteiger partial charge in [-0.2, -0.15) is 0 Å². The largest absolute Gasteiger partial charge is 0.300 e. The van der Waals surface area contributed by atoms with Crippen LogP contribution in [-0.2, 0) is 11.2 Å². The number of ketones is 1. The molecule has 0 aliphatic heterocycles. The van der Waals surface area contributed by atoms with E-state index in [4.69, 9.17) is 0 Å². The van der Waals surface area contributed by atoms with E-state index < -0.39 is 0 Å². The van der Waals surface area contributed by atoms with E-state index >= 15 is 0 Å². The Hall–Kier alpha value is -1.18. The molecule has 1 nitrogen and oxygen atoms in total. The van der Waals surface area contributed by atoms with Gasteiger partial charge in [0.05, 0.1) is 0 Å². The van der Waals surface area contributed by atoms with Gasteiger partial charge in [-0.25, -0.2) is 4.39 Å². The van der Waals surface area contributed by atoms with Crippen LogP contribution in [0.15, 0.2) is 24.3 Å². The van der Waals surface area contributed by atoms with E-state index in [0.717, 1.165) is 18.4 Å². The summed E-state index contributed by atoms with van der Waals surface area (Å²) in [5.41, 5.74) is 0.959. The van der Waals surface area contributed by atoms with Crippen molar-refractivity contribution in [2.75, 3.05) is 0 Å². The number of Topliss-reactive ketones (excluding diaryl/α,β-unsaturated/α-hetero) is 1. The second kappa shape index (κ2) is 4.75. The molecule has 0 radical (unpaired) electrons. The van der Waals surface area contributed by atoms with E-state index in [9.17, 15) is 9.18 Å². The van der Waals surface area contributed by atoms with Crippen molar-refractivity contribution in [3.05, 3.63) is 35.6 Å². The van der Waals surface area contributed by atoms with E-state index in [-0.39, 0.29) is 11.6 Å². The van der Waals surface area contributed by atoms with Crippen molar-refractivity contribution >= 4 is 5.78 Å². The molecule has 1 aromatic carbocycles. The molecule has 0 heterocycles. The van der Waals surface area contributed by atoms with Gasteiger partial charge in [0.15, 0.2) is 0 Å². The number of halogens is 1. The van der Waals surface area contributed by atoms with Gasteiger partial charge in [0.2, 0.25) is 0 Å². The molecule has 0 spiro atoms. The maximum absolute atomic E-state index is 12.7. The lowest BCUT2D eigenvalue weighted by Crippen LogP contribution is -1.92. The van der Waals surface area contributed by atoms with Crippen LogP contribution in [-0.4, -0.2) is 5.78 Å². The summed E-state index contributed by atoms with van der Waals surface area (Å²) in [6.07, 6.45) is 2.16. The third kappa shape index (κ3) is 3.83. The Kier molecular flexibility index (Phi) is 3.62. The summed E-state index contributed by atoms with van der Waals surface area (Å²) in [7, 11) is 0. The number of rotatable bonds is 4. The third-order valence-corrected chi connectivity index (χ3v) is 1.88. The molecular weight excluding hydrogens is 167 g/mol. The molecule has 0 aliphatic carbocycles. The summed E-state index contributed by atoms with van der Waals surface area (Å²) in [5.74, 6) is -0.0169. The number of hydrogen-bond acceptors (Lipinski definition) is 1. The molecule has 0 atom stereocenters. The van der Waals surface area contributed by atoms with Crippen LogP contribution in [0.5, 0.6) is 0 Å². The van der Waals surface area contributed by atoms with Gasteiger partial charge in [-0.1, -0.05) is 12.1 Å². The standard InChI is InChI=1S/C11H13FO/c1-9(13)4-2-5-10-6-3-7-11(12)8-10/h3,6-8H,2,4-5H2,1H3. The van der Waals surface area contributed by atoms with Gasteiger partial charge >= 0.3 is 0 Å². The van der Waals surface area contributed by atoms with Crippen LogP contribution in [0.4, 0.5) is 4.39 Å². The van der Waals surface area contributed by atoms with Gasteiger partial charge in [0.25, 0.3) is 0 Å². The van der Waals surface area contributed by atoms with Gasteiger partial charge in [0.1, 0.15) is 11.6 Å². The van der Waals surface area contributed by atoms with Crippen LogP contribution >= 0.6 is 0 Å². The predicted molar refractivity (Wildman–Crippen MR) is 50.0 cm³/mol. The fraction of sp³-hybridized carbons (Fsp3) is 0.364. The highest BCUT2D eigenvalue weighted by molar-refractivity contribution is 5.75. The number of hydrogen-bond donors (Lipinski definition) is 0. The van der Waals surface area contributed by atoms with Crippen LogP contribution in [0.25, 0.3) is 0 Å². The van der Waals surface area contributed by atoms with E-state index in [0.29, 0.717) is 6.42 Å². The van der Waals surface area contributed by atoms with Crippen LogP contribution < -0.4 is 0 Å². The minimum Gasteiger partial charge on any atom is -0.300 e. The Morgan fingerprint density at radius 3 is 2.85 bits per heavy atom. The highest BCUT2D eigenvalue weighted by Crippen LogP contribution is 2.07. The summed E-state index contributed by atoms with van der Waals surface area (Å²) in [6.45, 7) is 1.57. The molecule has 0 amide bonds. The second-order valence-corrected chi connectivity index (χ2v) is 3.19. The summed E-state index contributed by atoms with van der Waals surface area (Å²) < 4.78 is 12.7. The first-order valence-electron chi connectivity index (χ1n) is 4.42. The number of aryl methyl sites for hydroxylation is 1. The summed E-state index contributed by atoms with van der Waals surface area (Å²) in [4.78, 5) is 10.6. The van der Waals surface area contributed by atoms with Crippen molar-refractivity contribution in [2.45, 2.75) is 26.2 Å². The number of benzene rings is 1. The quantitative estimate of drug-likeness (QED) is 0.696. The normalized spacial score (nSPS) is 10.0. The third-order valence-electron chi connectivity index (χ3n) is 1.88. The zero-order valence-corrected chi connectivity index (χ0v) is 7.72. The Balaban J connectivity index is 2.41. The molecule has 1 aromatic rings. The molecule has 0 aromatic heterocycles. The fourth-order valence-electron chi connectivity index (χ4n) is 1.23. The SMILES string of the molecule is CC(=O)CCCc1cccc(F)c1. The molecule has 0 saturated heterocycles. The molecule has 0 fully saturated rings. The minimum absolute atomic E-state index is 0.191. The minimum atomic E-state index is -0.208. The summed E-state index contributed by atoms with van der Waals surface area (Å²) in [6, 6.07) is 6.51. The predicted octanol–water partition coefficient (Wildman–Crippen LogP) is 2.74. The van der Waals surface area contributed by atoms with E-state index in [1.807, 2.05) is 6.07 Å². The first kappa shape index (κ1) is 9.90. The molecule has 0 N–H and O–H groups in total. The van der Waals surface area contributed by atoms with E-state index in [2.05, 4.69) is 0 Å². The van der Waals surface area contributed by atoms with Gasteiger partial charge in [-0.15, -0.1) is 0 Å². The molecule has 1 rings (SSSR count). The van der Waals surface area contributed by atoms with Gasteiger partial charge in [-0.05, 0) is 37.5 Å². The zero-order valence-electron chi connectivity index (χ0n) is 7.72. The van der Waals surface area contributed by atoms with Crippen molar-refractivity contribution in [1.29, 1.82) is 0 Å². The van der Waals surface area contributed by atoms with Crippen LogP contribution in [0, 0.1) is 5.82 Å². The Labute approximate surface area is 77.6 Å². The molecule has 0 aliphatic rings.